The zero-order valence-electron chi connectivity index (χ0n) is 12.7. The van der Waals surface area contributed by atoms with Gasteiger partial charge in [0.25, 0.3) is 0 Å². The molecule has 2 N–H and O–H groups in total. The Hall–Kier alpha value is -2.29. The standard InChI is InChI=1S/C18H21N3/c1-12(2)13(3)19-15-9-5-4-8-14(15)18-20-16-10-6-7-11-17(16)21-18/h4-13,19H,1-3H3,(H,20,21). The fraction of sp³-hybridized carbons (Fsp3) is 0.278. The summed E-state index contributed by atoms with van der Waals surface area (Å²) in [5.74, 6) is 1.49. The lowest BCUT2D eigenvalue weighted by Crippen LogP contribution is -2.21. The Balaban J connectivity index is 2.01. The number of hydrogen-bond acceptors (Lipinski definition) is 2. The van der Waals surface area contributed by atoms with E-state index >= 15 is 0 Å². The molecule has 3 nitrogen and oxygen atoms in total. The van der Waals surface area contributed by atoms with Crippen molar-refractivity contribution in [1.82, 2.24) is 9.97 Å². The Morgan fingerprint density at radius 2 is 1.67 bits per heavy atom. The van der Waals surface area contributed by atoms with Crippen LogP contribution in [-0.4, -0.2) is 16.0 Å². The summed E-state index contributed by atoms with van der Waals surface area (Å²) in [6.45, 7) is 6.66. The molecule has 1 unspecified atom stereocenters. The molecule has 3 aromatic rings. The molecule has 2 aromatic carbocycles. The van der Waals surface area contributed by atoms with Crippen molar-refractivity contribution in [2.24, 2.45) is 5.92 Å². The van der Waals surface area contributed by atoms with Crippen LogP contribution in [0.5, 0.6) is 0 Å². The van der Waals surface area contributed by atoms with Gasteiger partial charge in [-0.15, -0.1) is 0 Å². The molecule has 1 heterocycles. The van der Waals surface area contributed by atoms with Crippen molar-refractivity contribution in [2.75, 3.05) is 5.32 Å². The van der Waals surface area contributed by atoms with E-state index in [9.17, 15) is 0 Å². The number of anilines is 1. The molecule has 0 aliphatic carbocycles. The molecule has 0 amide bonds. The van der Waals surface area contributed by atoms with Gasteiger partial charge in [0.05, 0.1) is 11.0 Å². The van der Waals surface area contributed by atoms with E-state index in [1.54, 1.807) is 0 Å². The second-order valence-electron chi connectivity index (χ2n) is 5.83. The lowest BCUT2D eigenvalue weighted by Gasteiger charge is -2.20. The molecule has 0 radical (unpaired) electrons. The van der Waals surface area contributed by atoms with Gasteiger partial charge in [0.15, 0.2) is 0 Å². The number of fused-ring (bicyclic) bond motifs is 1. The first kappa shape index (κ1) is 13.7. The number of H-pyrrole nitrogens is 1. The maximum Gasteiger partial charge on any atom is 0.140 e. The van der Waals surface area contributed by atoms with Crippen LogP contribution in [0.4, 0.5) is 5.69 Å². The summed E-state index contributed by atoms with van der Waals surface area (Å²) in [5, 5.41) is 3.59. The number of nitrogens with one attached hydrogen (secondary N) is 2. The normalized spacial score (nSPS) is 12.8. The number of imidazole rings is 1. The number of aromatic nitrogens is 2. The summed E-state index contributed by atoms with van der Waals surface area (Å²) < 4.78 is 0. The number of benzene rings is 2. The van der Waals surface area contributed by atoms with Crippen LogP contribution in [0.3, 0.4) is 0 Å². The predicted octanol–water partition coefficient (Wildman–Crippen LogP) is 4.69. The van der Waals surface area contributed by atoms with Gasteiger partial charge >= 0.3 is 0 Å². The minimum atomic E-state index is 0.413. The van der Waals surface area contributed by atoms with Gasteiger partial charge < -0.3 is 10.3 Å². The monoisotopic (exact) mass is 279 g/mol. The van der Waals surface area contributed by atoms with Crippen molar-refractivity contribution in [1.29, 1.82) is 0 Å². The molecule has 0 aliphatic heterocycles. The summed E-state index contributed by atoms with van der Waals surface area (Å²) in [6.07, 6.45) is 0. The van der Waals surface area contributed by atoms with Crippen molar-refractivity contribution in [3.05, 3.63) is 48.5 Å². The average molecular weight is 279 g/mol. The van der Waals surface area contributed by atoms with Crippen LogP contribution in [0, 0.1) is 5.92 Å². The number of rotatable bonds is 4. The quantitative estimate of drug-likeness (QED) is 0.727. The van der Waals surface area contributed by atoms with Crippen LogP contribution in [0.15, 0.2) is 48.5 Å². The Morgan fingerprint density at radius 3 is 2.43 bits per heavy atom. The molecule has 1 atom stereocenters. The molecular weight excluding hydrogens is 258 g/mol. The Kier molecular flexibility index (Phi) is 3.65. The van der Waals surface area contributed by atoms with Crippen LogP contribution in [0.2, 0.25) is 0 Å². The van der Waals surface area contributed by atoms with Crippen LogP contribution in [0.25, 0.3) is 22.4 Å². The second-order valence-corrected chi connectivity index (χ2v) is 5.83. The third-order valence-electron chi connectivity index (χ3n) is 3.95. The SMILES string of the molecule is CC(C)C(C)Nc1ccccc1-c1nc2ccccc2[nH]1. The molecule has 108 valence electrons. The summed E-state index contributed by atoms with van der Waals surface area (Å²) in [5.41, 5.74) is 4.30. The summed E-state index contributed by atoms with van der Waals surface area (Å²) in [4.78, 5) is 8.10. The molecule has 1 aromatic heterocycles. The minimum Gasteiger partial charge on any atom is -0.382 e. The number of hydrogen-bond donors (Lipinski definition) is 2. The Morgan fingerprint density at radius 1 is 0.952 bits per heavy atom. The van der Waals surface area contributed by atoms with Gasteiger partial charge in [-0.05, 0) is 37.1 Å². The molecule has 0 aliphatic rings. The topological polar surface area (TPSA) is 40.7 Å². The Bertz CT molecular complexity index is 710. The highest BCUT2D eigenvalue weighted by Gasteiger charge is 2.12. The summed E-state index contributed by atoms with van der Waals surface area (Å²) >= 11 is 0. The zero-order chi connectivity index (χ0) is 14.8. The fourth-order valence-electron chi connectivity index (χ4n) is 2.31. The first-order chi connectivity index (χ1) is 10.1. The maximum atomic E-state index is 4.70. The average Bonchev–Trinajstić information content (AvgIpc) is 2.91. The molecule has 21 heavy (non-hydrogen) atoms. The summed E-state index contributed by atoms with van der Waals surface area (Å²) in [6, 6.07) is 16.9. The number of para-hydroxylation sites is 3. The van der Waals surface area contributed by atoms with E-state index < -0.39 is 0 Å². The molecule has 3 heteroatoms. The van der Waals surface area contributed by atoms with Crippen LogP contribution in [0.1, 0.15) is 20.8 Å². The van der Waals surface area contributed by atoms with Crippen molar-refractivity contribution in [3.8, 4) is 11.4 Å². The van der Waals surface area contributed by atoms with Gasteiger partial charge in [0, 0.05) is 17.3 Å². The highest BCUT2D eigenvalue weighted by Crippen LogP contribution is 2.28. The van der Waals surface area contributed by atoms with E-state index in [-0.39, 0.29) is 0 Å². The maximum absolute atomic E-state index is 4.70. The third kappa shape index (κ3) is 2.77. The first-order valence-corrected chi connectivity index (χ1v) is 7.46. The van der Waals surface area contributed by atoms with Gasteiger partial charge in [-0.3, -0.25) is 0 Å². The summed E-state index contributed by atoms with van der Waals surface area (Å²) in [7, 11) is 0. The van der Waals surface area contributed by atoms with E-state index in [2.05, 4.69) is 55.3 Å². The molecular formula is C18H21N3. The smallest absolute Gasteiger partial charge is 0.140 e. The van der Waals surface area contributed by atoms with Crippen molar-refractivity contribution in [2.45, 2.75) is 26.8 Å². The van der Waals surface area contributed by atoms with Crippen molar-refractivity contribution < 1.29 is 0 Å². The Labute approximate surface area is 125 Å². The van der Waals surface area contributed by atoms with Crippen LogP contribution >= 0.6 is 0 Å². The molecule has 3 rings (SSSR count). The molecule has 0 spiro atoms. The van der Waals surface area contributed by atoms with Gasteiger partial charge in [-0.25, -0.2) is 4.98 Å². The largest absolute Gasteiger partial charge is 0.382 e. The van der Waals surface area contributed by atoms with Gasteiger partial charge in [0.1, 0.15) is 5.82 Å². The van der Waals surface area contributed by atoms with E-state index in [4.69, 9.17) is 4.98 Å². The van der Waals surface area contributed by atoms with Crippen molar-refractivity contribution in [3.63, 3.8) is 0 Å². The third-order valence-corrected chi connectivity index (χ3v) is 3.95. The van der Waals surface area contributed by atoms with E-state index in [0.717, 1.165) is 28.1 Å². The molecule has 0 fully saturated rings. The molecule has 0 bridgehead atoms. The van der Waals surface area contributed by atoms with E-state index in [1.165, 1.54) is 0 Å². The van der Waals surface area contributed by atoms with Crippen LogP contribution < -0.4 is 5.32 Å². The van der Waals surface area contributed by atoms with Gasteiger partial charge in [0.2, 0.25) is 0 Å². The number of aromatic amines is 1. The van der Waals surface area contributed by atoms with Gasteiger partial charge in [-0.1, -0.05) is 38.1 Å². The lowest BCUT2D eigenvalue weighted by atomic mass is 10.0. The minimum absolute atomic E-state index is 0.413. The molecule has 0 saturated heterocycles. The molecule has 0 saturated carbocycles. The lowest BCUT2D eigenvalue weighted by molar-refractivity contribution is 0.560. The van der Waals surface area contributed by atoms with Crippen LogP contribution in [-0.2, 0) is 0 Å². The van der Waals surface area contributed by atoms with E-state index in [0.29, 0.717) is 12.0 Å². The van der Waals surface area contributed by atoms with Gasteiger partial charge in [-0.2, -0.15) is 0 Å². The highest BCUT2D eigenvalue weighted by atomic mass is 15.0. The van der Waals surface area contributed by atoms with E-state index in [1.807, 2.05) is 24.3 Å². The second kappa shape index (κ2) is 5.60. The number of nitrogens with zero attached hydrogens (tertiary/aromatic N) is 1. The predicted molar refractivity (Wildman–Crippen MR) is 89.5 cm³/mol. The van der Waals surface area contributed by atoms with Crippen molar-refractivity contribution >= 4 is 16.7 Å². The zero-order valence-corrected chi connectivity index (χ0v) is 12.7. The fourth-order valence-corrected chi connectivity index (χ4v) is 2.31. The first-order valence-electron chi connectivity index (χ1n) is 7.46. The highest BCUT2D eigenvalue weighted by molar-refractivity contribution is 5.83.